The van der Waals surface area contributed by atoms with Crippen molar-refractivity contribution >= 4 is 78.6 Å². The number of hydrogen-bond acceptors (Lipinski definition) is 9. The first-order valence-electron chi connectivity index (χ1n) is 21.1. The second kappa shape index (κ2) is 22.4. The van der Waals surface area contributed by atoms with Crippen molar-refractivity contribution in [1.29, 1.82) is 0 Å². The number of halogens is 2. The SMILES string of the molecule is CC(NC(=O)C1SCCN1S(=O)(=O)c1ccc(-c2ccccc2)cc1)c1ccc(Cl)cc1.O=C(NC(CCO)c1ccc(Cl)cc1)C1SCCN1S(=O)(=O)c1ccc(-c2ccccc2)cc1. The molecular formula is C49H48Cl2N4O7S4. The maximum absolute atomic E-state index is 13.4. The van der Waals surface area contributed by atoms with E-state index < -0.39 is 42.7 Å². The number of hydrogen-bond donors (Lipinski definition) is 3. The molecule has 0 radical (unpaired) electrons. The second-order valence-corrected chi connectivity index (χ2v) is 22.4. The van der Waals surface area contributed by atoms with Crippen LogP contribution in [0.25, 0.3) is 22.3 Å². The third-order valence-corrected chi connectivity index (χ3v) is 18.0. The third-order valence-electron chi connectivity index (χ3n) is 11.0. The van der Waals surface area contributed by atoms with Crippen LogP contribution < -0.4 is 10.6 Å². The molecule has 4 unspecified atom stereocenters. The molecule has 344 valence electrons. The Morgan fingerprint density at radius 3 is 1.36 bits per heavy atom. The molecule has 66 heavy (non-hydrogen) atoms. The molecule has 4 atom stereocenters. The fourth-order valence-electron chi connectivity index (χ4n) is 7.49. The summed E-state index contributed by atoms with van der Waals surface area (Å²) in [7, 11) is -7.67. The molecule has 2 aliphatic rings. The Hall–Kier alpha value is -4.68. The van der Waals surface area contributed by atoms with Crippen LogP contribution in [-0.4, -0.2) is 84.3 Å². The summed E-state index contributed by atoms with van der Waals surface area (Å²) in [6.45, 7) is 2.28. The van der Waals surface area contributed by atoms with Crippen LogP contribution in [0.5, 0.6) is 0 Å². The van der Waals surface area contributed by atoms with Gasteiger partial charge in [0.25, 0.3) is 0 Å². The number of thioether (sulfide) groups is 2. The van der Waals surface area contributed by atoms with Gasteiger partial charge in [-0.2, -0.15) is 8.61 Å². The van der Waals surface area contributed by atoms with Gasteiger partial charge in [-0.15, -0.1) is 23.5 Å². The summed E-state index contributed by atoms with van der Waals surface area (Å²) in [6.07, 6.45) is 0.304. The monoisotopic (exact) mass is 1000 g/mol. The molecule has 0 spiro atoms. The van der Waals surface area contributed by atoms with E-state index in [1.807, 2.05) is 79.7 Å². The summed E-state index contributed by atoms with van der Waals surface area (Å²) < 4.78 is 55.9. The van der Waals surface area contributed by atoms with Crippen LogP contribution >= 0.6 is 46.7 Å². The largest absolute Gasteiger partial charge is 0.396 e. The van der Waals surface area contributed by atoms with E-state index in [-0.39, 0.29) is 34.9 Å². The molecule has 0 saturated carbocycles. The smallest absolute Gasteiger partial charge is 0.249 e. The van der Waals surface area contributed by atoms with Gasteiger partial charge < -0.3 is 15.7 Å². The van der Waals surface area contributed by atoms with Gasteiger partial charge in [-0.25, -0.2) is 16.8 Å². The zero-order valence-electron chi connectivity index (χ0n) is 35.7. The molecule has 2 amide bonds. The predicted octanol–water partition coefficient (Wildman–Crippen LogP) is 9.26. The van der Waals surface area contributed by atoms with Gasteiger partial charge in [-0.1, -0.05) is 132 Å². The average Bonchev–Trinajstić information content (AvgIpc) is 4.06. The average molecular weight is 1000 g/mol. The van der Waals surface area contributed by atoms with Crippen LogP contribution in [0.1, 0.15) is 36.6 Å². The highest BCUT2D eigenvalue weighted by Gasteiger charge is 2.42. The van der Waals surface area contributed by atoms with Gasteiger partial charge in [0.15, 0.2) is 0 Å². The number of carbonyl (C=O) groups excluding carboxylic acids is 2. The normalized spacial score (nSPS) is 17.6. The lowest BCUT2D eigenvalue weighted by Crippen LogP contribution is -2.45. The quantitative estimate of drug-likeness (QED) is 0.0970. The summed E-state index contributed by atoms with van der Waals surface area (Å²) in [5.74, 6) is 0.361. The van der Waals surface area contributed by atoms with Gasteiger partial charge in [-0.05, 0) is 95.3 Å². The van der Waals surface area contributed by atoms with E-state index >= 15 is 0 Å². The number of aliphatic hydroxyl groups excluding tert-OH is 1. The van der Waals surface area contributed by atoms with Gasteiger partial charge >= 0.3 is 0 Å². The molecular weight excluding hydrogens is 956 g/mol. The molecule has 2 fully saturated rings. The van der Waals surface area contributed by atoms with Crippen molar-refractivity contribution in [3.05, 3.63) is 179 Å². The van der Waals surface area contributed by atoms with Crippen LogP contribution in [0.3, 0.4) is 0 Å². The summed E-state index contributed by atoms with van der Waals surface area (Å²) in [5, 5.41) is 14.8. The highest BCUT2D eigenvalue weighted by Crippen LogP contribution is 2.34. The van der Waals surface area contributed by atoms with Gasteiger partial charge in [0.2, 0.25) is 31.9 Å². The maximum Gasteiger partial charge on any atom is 0.249 e. The molecule has 2 saturated heterocycles. The molecule has 0 aliphatic carbocycles. The highest BCUT2D eigenvalue weighted by molar-refractivity contribution is 8.02. The Labute approximate surface area is 405 Å². The Kier molecular flexibility index (Phi) is 16.7. The summed E-state index contributed by atoms with van der Waals surface area (Å²) in [6, 6.07) is 46.5. The van der Waals surface area contributed by atoms with Crippen molar-refractivity contribution in [1.82, 2.24) is 19.2 Å². The molecule has 11 nitrogen and oxygen atoms in total. The lowest BCUT2D eigenvalue weighted by atomic mass is 10.0. The van der Waals surface area contributed by atoms with Crippen molar-refractivity contribution < 1.29 is 31.5 Å². The van der Waals surface area contributed by atoms with Crippen LogP contribution in [-0.2, 0) is 29.6 Å². The lowest BCUT2D eigenvalue weighted by Gasteiger charge is -2.25. The fraction of sp³-hybridized carbons (Fsp3) is 0.224. The number of nitrogens with one attached hydrogen (secondary N) is 2. The summed E-state index contributed by atoms with van der Waals surface area (Å²) >= 11 is 14.5. The first-order chi connectivity index (χ1) is 31.8. The molecule has 0 aromatic heterocycles. The Balaban J connectivity index is 0.000000197. The number of carbonyl (C=O) groups is 2. The van der Waals surface area contributed by atoms with Crippen LogP contribution in [0, 0.1) is 0 Å². The second-order valence-electron chi connectivity index (χ2n) is 15.4. The summed E-state index contributed by atoms with van der Waals surface area (Å²) in [4.78, 5) is 26.4. The Morgan fingerprint density at radius 2 is 0.955 bits per heavy atom. The van der Waals surface area contributed by atoms with Crippen molar-refractivity contribution in [3.63, 3.8) is 0 Å². The zero-order valence-corrected chi connectivity index (χ0v) is 40.5. The van der Waals surface area contributed by atoms with Crippen molar-refractivity contribution in [2.45, 2.75) is 46.0 Å². The highest BCUT2D eigenvalue weighted by atomic mass is 35.5. The topological polar surface area (TPSA) is 153 Å². The van der Waals surface area contributed by atoms with Crippen LogP contribution in [0.2, 0.25) is 10.0 Å². The number of aliphatic hydroxyl groups is 1. The number of nitrogens with zero attached hydrogens (tertiary/aromatic N) is 2. The third kappa shape index (κ3) is 11.9. The molecule has 0 bridgehead atoms. The molecule has 17 heteroatoms. The van der Waals surface area contributed by atoms with Crippen molar-refractivity contribution in [2.75, 3.05) is 31.2 Å². The standard InChI is InChI=1S/C25H25ClN2O4S2.C24H23ClN2O3S2/c26-21-10-6-20(7-11-21)23(14-16-29)27-24(30)25-28(15-17-33-25)34(31,32)22-12-8-19(9-13-22)18-4-2-1-3-5-18;1-17(18-7-11-21(25)12-8-18)26-23(28)24-27(15-16-31-24)32(29,30)22-13-9-20(10-14-22)19-5-3-2-4-6-19/h1-13,23,25,29H,14-17H2,(H,27,30);2-14,17,24H,15-16H2,1H3,(H,26,28). The number of rotatable bonds is 14. The number of sulfonamides is 2. The maximum atomic E-state index is 13.4. The van der Waals surface area contributed by atoms with E-state index in [0.717, 1.165) is 33.4 Å². The van der Waals surface area contributed by atoms with E-state index in [1.54, 1.807) is 84.9 Å². The minimum Gasteiger partial charge on any atom is -0.396 e. The van der Waals surface area contributed by atoms with E-state index in [4.69, 9.17) is 23.2 Å². The lowest BCUT2D eigenvalue weighted by molar-refractivity contribution is -0.123. The minimum absolute atomic E-state index is 0.124. The number of benzene rings is 6. The molecule has 6 aromatic rings. The van der Waals surface area contributed by atoms with E-state index in [2.05, 4.69) is 10.6 Å². The van der Waals surface area contributed by atoms with Crippen LogP contribution in [0.15, 0.2) is 168 Å². The first kappa shape index (κ1) is 49.2. The van der Waals surface area contributed by atoms with Crippen molar-refractivity contribution in [3.8, 4) is 22.3 Å². The van der Waals surface area contributed by atoms with Gasteiger partial charge in [0, 0.05) is 41.2 Å². The molecule has 6 aromatic carbocycles. The molecule has 8 rings (SSSR count). The van der Waals surface area contributed by atoms with Gasteiger partial charge in [-0.3, -0.25) is 9.59 Å². The van der Waals surface area contributed by atoms with E-state index in [9.17, 15) is 31.5 Å². The number of amides is 2. The van der Waals surface area contributed by atoms with Crippen LogP contribution in [0.4, 0.5) is 0 Å². The Bertz CT molecular complexity index is 2790. The molecule has 2 heterocycles. The Morgan fingerprint density at radius 1 is 0.576 bits per heavy atom. The van der Waals surface area contributed by atoms with E-state index in [0.29, 0.717) is 34.5 Å². The van der Waals surface area contributed by atoms with Crippen molar-refractivity contribution in [2.24, 2.45) is 0 Å². The minimum atomic E-state index is -3.87. The molecule has 3 N–H and O–H groups in total. The zero-order chi connectivity index (χ0) is 46.8. The molecule has 2 aliphatic heterocycles. The predicted molar refractivity (Wildman–Crippen MR) is 266 cm³/mol. The summed E-state index contributed by atoms with van der Waals surface area (Å²) in [5.41, 5.74) is 5.56. The van der Waals surface area contributed by atoms with E-state index in [1.165, 1.54) is 32.1 Å². The van der Waals surface area contributed by atoms with Gasteiger partial charge in [0.1, 0.15) is 10.7 Å². The van der Waals surface area contributed by atoms with Gasteiger partial charge in [0.05, 0.1) is 21.9 Å². The first-order valence-corrected chi connectivity index (χ1v) is 26.8. The fourth-order valence-corrected chi connectivity index (χ4v) is 13.9.